The van der Waals surface area contributed by atoms with E-state index in [-0.39, 0.29) is 27.7 Å². The lowest BCUT2D eigenvalue weighted by atomic mass is 9.40. The quantitative estimate of drug-likeness (QED) is 0.638. The van der Waals surface area contributed by atoms with Crippen molar-refractivity contribution in [3.63, 3.8) is 0 Å². The minimum atomic E-state index is -4.40. The fourth-order valence-electron chi connectivity index (χ4n) is 7.09. The van der Waals surface area contributed by atoms with Gasteiger partial charge in [-0.15, -0.1) is 0 Å². The number of hydrogen-bond donors (Lipinski definition) is 1. The maximum absolute atomic E-state index is 13.3. The Hall–Kier alpha value is -1.63. The van der Waals surface area contributed by atoms with Crippen LogP contribution in [0.25, 0.3) is 10.2 Å². The fourth-order valence-corrected chi connectivity index (χ4v) is 7.93. The predicted molar refractivity (Wildman–Crippen MR) is 103 cm³/mol. The molecule has 28 heavy (non-hydrogen) atoms. The Morgan fingerprint density at radius 2 is 1.82 bits per heavy atom. The van der Waals surface area contributed by atoms with Gasteiger partial charge in [0.2, 0.25) is 5.91 Å². The molecule has 4 aliphatic carbocycles. The van der Waals surface area contributed by atoms with Gasteiger partial charge in [-0.1, -0.05) is 25.2 Å². The monoisotopic (exact) mass is 408 g/mol. The first-order chi connectivity index (χ1) is 13.0. The summed E-state index contributed by atoms with van der Waals surface area (Å²) in [5.74, 6) is 0.603. The highest BCUT2D eigenvalue weighted by Gasteiger charge is 2.62. The number of alkyl halides is 3. The predicted octanol–water partition coefficient (Wildman–Crippen LogP) is 6.25. The molecule has 4 fully saturated rings. The van der Waals surface area contributed by atoms with Crippen molar-refractivity contribution in [1.29, 1.82) is 0 Å². The normalized spacial score (nSPS) is 36.8. The number of amides is 1. The summed E-state index contributed by atoms with van der Waals surface area (Å²) < 4.78 is 39.4. The van der Waals surface area contributed by atoms with Crippen molar-refractivity contribution in [2.75, 3.05) is 5.32 Å². The Balaban J connectivity index is 1.43. The average molecular weight is 408 g/mol. The number of anilines is 1. The zero-order valence-electron chi connectivity index (χ0n) is 15.9. The maximum atomic E-state index is 13.3. The van der Waals surface area contributed by atoms with E-state index in [0.717, 1.165) is 31.4 Å². The number of halogens is 3. The smallest absolute Gasteiger partial charge is 0.301 e. The van der Waals surface area contributed by atoms with Gasteiger partial charge in [0.05, 0.1) is 21.2 Å². The van der Waals surface area contributed by atoms with Gasteiger partial charge in [-0.3, -0.25) is 4.79 Å². The Bertz CT molecular complexity index is 964. The number of carbonyl (C=O) groups excluding carboxylic acids is 1. The van der Waals surface area contributed by atoms with Crippen LogP contribution in [0.15, 0.2) is 18.2 Å². The van der Waals surface area contributed by atoms with Crippen LogP contribution in [0.2, 0.25) is 0 Å². The third-order valence-electron chi connectivity index (χ3n) is 7.04. The number of thiazole rings is 1. The summed E-state index contributed by atoms with van der Waals surface area (Å²) >= 11 is 1.24. The van der Waals surface area contributed by atoms with Gasteiger partial charge >= 0.3 is 6.18 Å². The molecule has 0 radical (unpaired) electrons. The number of benzene rings is 1. The zero-order chi connectivity index (χ0) is 19.9. The first-order valence-corrected chi connectivity index (χ1v) is 10.6. The number of fused-ring (bicyclic) bond motifs is 1. The molecule has 2 unspecified atom stereocenters. The summed E-state index contributed by atoms with van der Waals surface area (Å²) in [6.45, 7) is 4.63. The van der Waals surface area contributed by atoms with Crippen molar-refractivity contribution < 1.29 is 18.0 Å². The van der Waals surface area contributed by atoms with Crippen LogP contribution in [0.1, 0.15) is 57.9 Å². The molecule has 150 valence electrons. The molecule has 0 aliphatic heterocycles. The van der Waals surface area contributed by atoms with Gasteiger partial charge in [0.25, 0.3) is 0 Å². The van der Waals surface area contributed by atoms with E-state index in [1.54, 1.807) is 0 Å². The minimum absolute atomic E-state index is 0.00384. The van der Waals surface area contributed by atoms with E-state index in [4.69, 9.17) is 0 Å². The summed E-state index contributed by atoms with van der Waals surface area (Å²) in [6, 6.07) is 3.54. The highest BCUT2D eigenvalue weighted by Crippen LogP contribution is 2.69. The van der Waals surface area contributed by atoms with E-state index in [9.17, 15) is 18.0 Å². The van der Waals surface area contributed by atoms with Crippen LogP contribution in [-0.4, -0.2) is 10.9 Å². The molecule has 4 bridgehead atoms. The van der Waals surface area contributed by atoms with Crippen molar-refractivity contribution in [2.24, 2.45) is 22.2 Å². The fraction of sp³-hybridized carbons (Fsp3) is 0.619. The summed E-state index contributed by atoms with van der Waals surface area (Å²) in [5, 5.41) is 3.36. The molecule has 1 aromatic heterocycles. The van der Waals surface area contributed by atoms with Crippen LogP contribution >= 0.6 is 11.3 Å². The molecule has 2 atom stereocenters. The van der Waals surface area contributed by atoms with Crippen LogP contribution in [0.4, 0.5) is 18.3 Å². The molecule has 0 spiro atoms. The van der Waals surface area contributed by atoms with Crippen LogP contribution < -0.4 is 5.32 Å². The Morgan fingerprint density at radius 1 is 1.14 bits per heavy atom. The number of nitrogens with one attached hydrogen (secondary N) is 1. The lowest BCUT2D eigenvalue weighted by molar-refractivity contribution is -0.165. The van der Waals surface area contributed by atoms with Crippen molar-refractivity contribution in [2.45, 2.75) is 58.5 Å². The van der Waals surface area contributed by atoms with Crippen LogP contribution in [-0.2, 0) is 11.0 Å². The standard InChI is InChI=1S/C21H23F3N2OS/c1-18-6-12-7-19(2,9-18)11-20(8-12,10-18)16(27)26-17-25-14-5-13(21(22,23)24)3-4-15(14)28-17/h3-5,12H,6-11H2,1-2H3,(H,25,26,27). The molecule has 6 rings (SSSR count). The first-order valence-electron chi connectivity index (χ1n) is 9.77. The molecule has 4 aliphatic rings. The SMILES string of the molecule is CC12CC3CC(C)(C1)CC(C(=O)Nc1nc4cc(C(F)(F)F)ccc4s1)(C3)C2. The Labute approximate surface area is 165 Å². The highest BCUT2D eigenvalue weighted by molar-refractivity contribution is 7.22. The first kappa shape index (κ1) is 18.4. The molecule has 1 aromatic carbocycles. The summed E-state index contributed by atoms with van der Waals surface area (Å²) in [5.41, 5.74) is -0.357. The van der Waals surface area contributed by atoms with E-state index in [2.05, 4.69) is 24.1 Å². The number of rotatable bonds is 2. The summed E-state index contributed by atoms with van der Waals surface area (Å²) in [4.78, 5) is 17.6. The van der Waals surface area contributed by atoms with Gasteiger partial charge in [0, 0.05) is 0 Å². The van der Waals surface area contributed by atoms with E-state index >= 15 is 0 Å². The molecular formula is C21H23F3N2OS. The van der Waals surface area contributed by atoms with Gasteiger partial charge in [-0.2, -0.15) is 13.2 Å². The second-order valence-electron chi connectivity index (χ2n) is 10.1. The van der Waals surface area contributed by atoms with Crippen LogP contribution in [0, 0.1) is 22.2 Å². The molecular weight excluding hydrogens is 385 g/mol. The number of nitrogens with zero attached hydrogens (tertiary/aromatic N) is 1. The zero-order valence-corrected chi connectivity index (χ0v) is 16.8. The molecule has 0 saturated heterocycles. The van der Waals surface area contributed by atoms with Crippen molar-refractivity contribution in [3.8, 4) is 0 Å². The third-order valence-corrected chi connectivity index (χ3v) is 8.00. The van der Waals surface area contributed by atoms with Gasteiger partial charge in [0.15, 0.2) is 5.13 Å². The number of aromatic nitrogens is 1. The molecule has 1 heterocycles. The minimum Gasteiger partial charge on any atom is -0.301 e. The molecule has 3 nitrogen and oxygen atoms in total. The van der Waals surface area contributed by atoms with E-state index < -0.39 is 11.7 Å². The average Bonchev–Trinajstić information content (AvgIpc) is 2.91. The van der Waals surface area contributed by atoms with Gasteiger partial charge in [-0.05, 0) is 73.5 Å². The topological polar surface area (TPSA) is 42.0 Å². The van der Waals surface area contributed by atoms with E-state index in [1.807, 2.05) is 0 Å². The second-order valence-corrected chi connectivity index (χ2v) is 11.1. The second kappa shape index (κ2) is 5.49. The molecule has 4 saturated carbocycles. The number of carbonyl (C=O) groups is 1. The van der Waals surface area contributed by atoms with Gasteiger partial charge in [-0.25, -0.2) is 4.98 Å². The molecule has 2 aromatic rings. The third kappa shape index (κ3) is 2.85. The van der Waals surface area contributed by atoms with E-state index in [0.29, 0.717) is 15.7 Å². The van der Waals surface area contributed by atoms with Gasteiger partial charge < -0.3 is 5.32 Å². The van der Waals surface area contributed by atoms with Crippen LogP contribution in [0.5, 0.6) is 0 Å². The lowest BCUT2D eigenvalue weighted by Crippen LogP contribution is -2.58. The number of hydrogen-bond acceptors (Lipinski definition) is 3. The Morgan fingerprint density at radius 3 is 2.43 bits per heavy atom. The summed E-state index contributed by atoms with van der Waals surface area (Å²) in [7, 11) is 0. The van der Waals surface area contributed by atoms with Gasteiger partial charge in [0.1, 0.15) is 0 Å². The van der Waals surface area contributed by atoms with Crippen LogP contribution in [0.3, 0.4) is 0 Å². The maximum Gasteiger partial charge on any atom is 0.416 e. The molecule has 7 heteroatoms. The molecule has 1 N–H and O–H groups in total. The molecule has 1 amide bonds. The van der Waals surface area contributed by atoms with Crippen molar-refractivity contribution in [1.82, 2.24) is 4.98 Å². The lowest BCUT2D eigenvalue weighted by Gasteiger charge is -2.64. The van der Waals surface area contributed by atoms with Crippen molar-refractivity contribution >= 4 is 32.6 Å². The summed E-state index contributed by atoms with van der Waals surface area (Å²) in [6.07, 6.45) is 1.94. The largest absolute Gasteiger partial charge is 0.416 e. The highest BCUT2D eigenvalue weighted by atomic mass is 32.1. The Kier molecular flexibility index (Phi) is 3.61. The van der Waals surface area contributed by atoms with Crippen molar-refractivity contribution in [3.05, 3.63) is 23.8 Å². The van der Waals surface area contributed by atoms with E-state index in [1.165, 1.54) is 36.7 Å².